The average molecular weight is 284 g/mol. The van der Waals surface area contributed by atoms with Crippen molar-refractivity contribution in [1.82, 2.24) is 10.3 Å². The third kappa shape index (κ3) is 3.09. The number of nitrogens with one attached hydrogen (secondary N) is 1. The first-order chi connectivity index (χ1) is 9.94. The maximum atomic E-state index is 10.5. The van der Waals surface area contributed by atoms with Crippen LogP contribution in [-0.4, -0.2) is 28.3 Å². The predicted molar refractivity (Wildman–Crippen MR) is 86.6 cm³/mol. The number of fused-ring (bicyclic) bond motifs is 2. The molecule has 0 saturated heterocycles. The van der Waals surface area contributed by atoms with E-state index in [0.29, 0.717) is 6.54 Å². The van der Waals surface area contributed by atoms with Crippen LogP contribution < -0.4 is 5.32 Å². The monoisotopic (exact) mass is 284 g/mol. The number of aliphatic hydroxyl groups is 1. The summed E-state index contributed by atoms with van der Waals surface area (Å²) >= 11 is 0. The number of aromatic nitrogens is 1. The summed E-state index contributed by atoms with van der Waals surface area (Å²) in [6.07, 6.45) is 1.63. The highest BCUT2D eigenvalue weighted by Crippen LogP contribution is 2.35. The van der Waals surface area contributed by atoms with Gasteiger partial charge in [-0.2, -0.15) is 0 Å². The zero-order chi connectivity index (χ0) is 15.0. The van der Waals surface area contributed by atoms with Gasteiger partial charge in [0.05, 0.1) is 17.3 Å². The van der Waals surface area contributed by atoms with Gasteiger partial charge in [0.15, 0.2) is 0 Å². The number of nitrogens with zero attached hydrogens (tertiary/aromatic N) is 1. The van der Waals surface area contributed by atoms with Crippen molar-refractivity contribution in [3.8, 4) is 0 Å². The van der Waals surface area contributed by atoms with E-state index in [1.54, 1.807) is 0 Å². The molecule has 3 nitrogen and oxygen atoms in total. The highest BCUT2D eigenvalue weighted by Gasteiger charge is 2.30. The van der Waals surface area contributed by atoms with E-state index in [1.165, 1.54) is 10.9 Å². The summed E-state index contributed by atoms with van der Waals surface area (Å²) in [6, 6.07) is 10.5. The molecule has 0 fully saturated rings. The van der Waals surface area contributed by atoms with Crippen molar-refractivity contribution in [3.63, 3.8) is 0 Å². The Morgan fingerprint density at radius 3 is 2.86 bits per heavy atom. The van der Waals surface area contributed by atoms with Crippen molar-refractivity contribution in [1.29, 1.82) is 0 Å². The van der Waals surface area contributed by atoms with Crippen molar-refractivity contribution < 1.29 is 5.11 Å². The molecule has 21 heavy (non-hydrogen) atoms. The van der Waals surface area contributed by atoms with E-state index in [4.69, 9.17) is 4.98 Å². The van der Waals surface area contributed by atoms with Gasteiger partial charge in [0.1, 0.15) is 0 Å². The molecule has 2 atom stereocenters. The van der Waals surface area contributed by atoms with Gasteiger partial charge in [-0.05, 0) is 51.3 Å². The molecule has 1 aromatic heterocycles. The Hall–Kier alpha value is -1.45. The van der Waals surface area contributed by atoms with Gasteiger partial charge in [0, 0.05) is 23.4 Å². The van der Waals surface area contributed by atoms with E-state index in [2.05, 4.69) is 38.2 Å². The summed E-state index contributed by atoms with van der Waals surface area (Å²) in [6.45, 7) is 6.97. The van der Waals surface area contributed by atoms with Crippen LogP contribution in [0.25, 0.3) is 10.9 Å². The lowest BCUT2D eigenvalue weighted by molar-refractivity contribution is 0.130. The van der Waals surface area contributed by atoms with Crippen molar-refractivity contribution in [2.75, 3.05) is 6.54 Å². The molecule has 3 rings (SSSR count). The van der Waals surface area contributed by atoms with E-state index in [0.717, 1.165) is 24.1 Å². The second-order valence-electron chi connectivity index (χ2n) is 7.07. The Morgan fingerprint density at radius 1 is 1.33 bits per heavy atom. The molecule has 1 aromatic carbocycles. The third-order valence-corrected chi connectivity index (χ3v) is 4.22. The van der Waals surface area contributed by atoms with Crippen molar-refractivity contribution in [2.24, 2.45) is 0 Å². The molecular formula is C18H24N2O. The number of aliphatic hydroxyl groups excluding tert-OH is 1. The Balaban J connectivity index is 1.84. The second kappa shape index (κ2) is 5.39. The molecular weight excluding hydrogens is 260 g/mol. The van der Waals surface area contributed by atoms with Gasteiger partial charge in [-0.1, -0.05) is 18.2 Å². The Morgan fingerprint density at radius 2 is 2.10 bits per heavy atom. The lowest BCUT2D eigenvalue weighted by atomic mass is 9.98. The zero-order valence-corrected chi connectivity index (χ0v) is 13.1. The Labute approximate surface area is 126 Å². The van der Waals surface area contributed by atoms with Crippen LogP contribution in [-0.2, 0) is 6.42 Å². The molecule has 3 heteroatoms. The summed E-state index contributed by atoms with van der Waals surface area (Å²) in [5, 5.41) is 15.1. The quantitative estimate of drug-likeness (QED) is 0.910. The van der Waals surface area contributed by atoms with E-state index >= 15 is 0 Å². The molecule has 0 aliphatic heterocycles. The van der Waals surface area contributed by atoms with Gasteiger partial charge < -0.3 is 10.4 Å². The molecule has 0 bridgehead atoms. The fraction of sp³-hybridized carbons (Fsp3) is 0.500. The van der Waals surface area contributed by atoms with E-state index in [1.807, 2.05) is 18.2 Å². The number of aryl methyl sites for hydroxylation is 1. The van der Waals surface area contributed by atoms with Crippen molar-refractivity contribution in [2.45, 2.75) is 51.2 Å². The van der Waals surface area contributed by atoms with Gasteiger partial charge in [0.2, 0.25) is 0 Å². The van der Waals surface area contributed by atoms with Crippen LogP contribution in [0.4, 0.5) is 0 Å². The lowest BCUT2D eigenvalue weighted by Gasteiger charge is -2.25. The topological polar surface area (TPSA) is 45.1 Å². The molecule has 0 saturated carbocycles. The van der Waals surface area contributed by atoms with Gasteiger partial charge >= 0.3 is 0 Å². The first-order valence-electron chi connectivity index (χ1n) is 7.76. The van der Waals surface area contributed by atoms with Crippen LogP contribution in [0.15, 0.2) is 30.3 Å². The summed E-state index contributed by atoms with van der Waals surface area (Å²) < 4.78 is 0. The van der Waals surface area contributed by atoms with Gasteiger partial charge in [-0.25, -0.2) is 0 Å². The molecule has 0 unspecified atom stereocenters. The molecule has 2 aromatic rings. The number of hydrogen-bond acceptors (Lipinski definition) is 3. The molecule has 1 aliphatic rings. The molecule has 112 valence electrons. The maximum Gasteiger partial charge on any atom is 0.0748 e. The largest absolute Gasteiger partial charge is 0.391 e. The fourth-order valence-electron chi connectivity index (χ4n) is 3.07. The van der Waals surface area contributed by atoms with Crippen LogP contribution in [0.3, 0.4) is 0 Å². The van der Waals surface area contributed by atoms with Crippen LogP contribution in [0.1, 0.15) is 44.4 Å². The summed E-state index contributed by atoms with van der Waals surface area (Å²) in [5.41, 5.74) is 3.45. The minimum Gasteiger partial charge on any atom is -0.391 e. The molecule has 0 radical (unpaired) electrons. The van der Waals surface area contributed by atoms with Crippen molar-refractivity contribution >= 4 is 10.9 Å². The van der Waals surface area contributed by atoms with Gasteiger partial charge in [-0.3, -0.25) is 4.98 Å². The maximum absolute atomic E-state index is 10.5. The number of benzene rings is 1. The smallest absolute Gasteiger partial charge is 0.0748 e. The molecule has 1 aliphatic carbocycles. The first kappa shape index (κ1) is 14.5. The summed E-state index contributed by atoms with van der Waals surface area (Å²) in [7, 11) is 0. The fourth-order valence-corrected chi connectivity index (χ4v) is 3.07. The van der Waals surface area contributed by atoms with Gasteiger partial charge in [-0.15, -0.1) is 0 Å². The van der Waals surface area contributed by atoms with Crippen LogP contribution >= 0.6 is 0 Å². The third-order valence-electron chi connectivity index (χ3n) is 4.22. The number of β-amino-alcohol motifs (C(OH)–C–C–N with tert-alkyl or cyclic N) is 1. The molecule has 1 heterocycles. The summed E-state index contributed by atoms with van der Waals surface area (Å²) in [4.78, 5) is 4.81. The molecule has 2 N–H and O–H groups in total. The van der Waals surface area contributed by atoms with Crippen LogP contribution in [0.2, 0.25) is 0 Å². The highest BCUT2D eigenvalue weighted by atomic mass is 16.3. The minimum absolute atomic E-state index is 0.0270. The van der Waals surface area contributed by atoms with Gasteiger partial charge in [0.25, 0.3) is 0 Å². The minimum atomic E-state index is -0.376. The zero-order valence-electron chi connectivity index (χ0n) is 13.1. The lowest BCUT2D eigenvalue weighted by Crippen LogP contribution is -2.42. The summed E-state index contributed by atoms with van der Waals surface area (Å²) in [5.74, 6) is 0.152. The normalized spacial score (nSPS) is 19.7. The second-order valence-corrected chi connectivity index (χ2v) is 7.07. The van der Waals surface area contributed by atoms with E-state index in [-0.39, 0.29) is 17.6 Å². The standard InChI is InChI=1S/C18H24N2O/c1-18(2,3)19-11-16(21)14-9-8-13-10-12-6-4-5-7-15(12)20-17(13)14/h4-7,10,14,16,19,21H,8-9,11H2,1-3H3/t14-,16-/m1/s1. The number of para-hydroxylation sites is 1. The van der Waals surface area contributed by atoms with Crippen LogP contribution in [0, 0.1) is 0 Å². The Bertz CT molecular complexity index is 645. The number of rotatable bonds is 3. The predicted octanol–water partition coefficient (Wildman–Crippen LogP) is 3.01. The first-order valence-corrected chi connectivity index (χ1v) is 7.76. The molecule has 0 amide bonds. The number of pyridine rings is 1. The molecule has 0 spiro atoms. The highest BCUT2D eigenvalue weighted by molar-refractivity contribution is 5.79. The SMILES string of the molecule is CC(C)(C)NC[C@@H](O)[C@H]1CCc2cc3ccccc3nc21. The Kier molecular flexibility index (Phi) is 3.72. The van der Waals surface area contributed by atoms with Crippen molar-refractivity contribution in [3.05, 3.63) is 41.6 Å². The van der Waals surface area contributed by atoms with E-state index in [9.17, 15) is 5.11 Å². The average Bonchev–Trinajstić information content (AvgIpc) is 2.84. The number of hydrogen-bond donors (Lipinski definition) is 2. The van der Waals surface area contributed by atoms with Crippen LogP contribution in [0.5, 0.6) is 0 Å². The van der Waals surface area contributed by atoms with E-state index < -0.39 is 0 Å².